The van der Waals surface area contributed by atoms with Crippen LogP contribution < -0.4 is 0 Å². The van der Waals surface area contributed by atoms with E-state index in [9.17, 15) is 22.8 Å². The van der Waals surface area contributed by atoms with Gasteiger partial charge in [-0.25, -0.2) is 4.79 Å². The number of carbonyl (C=O) groups is 2. The van der Waals surface area contributed by atoms with Crippen LogP contribution in [0.4, 0.5) is 18.0 Å². The molecule has 8 heteroatoms. The normalized spacial score (nSPS) is 23.0. The summed E-state index contributed by atoms with van der Waals surface area (Å²) in [6.45, 7) is 2.31. The zero-order valence-corrected chi connectivity index (χ0v) is 17.6. The maximum absolute atomic E-state index is 13.2. The van der Waals surface area contributed by atoms with Crippen molar-refractivity contribution in [3.63, 3.8) is 0 Å². The highest BCUT2D eigenvalue weighted by Crippen LogP contribution is 2.36. The van der Waals surface area contributed by atoms with Crippen molar-refractivity contribution in [1.82, 2.24) is 4.90 Å². The van der Waals surface area contributed by atoms with E-state index in [1.165, 1.54) is 6.07 Å². The van der Waals surface area contributed by atoms with E-state index in [1.54, 1.807) is 11.8 Å². The Morgan fingerprint density at radius 3 is 2.34 bits per heavy atom. The molecule has 2 aromatic carbocycles. The van der Waals surface area contributed by atoms with Gasteiger partial charge in [0.05, 0.1) is 30.9 Å². The highest BCUT2D eigenvalue weighted by Gasteiger charge is 2.45. The van der Waals surface area contributed by atoms with Gasteiger partial charge in [0, 0.05) is 11.5 Å². The second kappa shape index (κ2) is 8.94. The first-order valence-electron chi connectivity index (χ1n) is 10.5. The van der Waals surface area contributed by atoms with Crippen LogP contribution in [0.15, 0.2) is 48.5 Å². The van der Waals surface area contributed by atoms with Gasteiger partial charge in [-0.2, -0.15) is 13.2 Å². The number of nitrogens with zero attached hydrogens (tertiary/aromatic N) is 1. The molecule has 0 aliphatic carbocycles. The summed E-state index contributed by atoms with van der Waals surface area (Å²) in [7, 11) is 0. The maximum Gasteiger partial charge on any atom is 0.416 e. The minimum absolute atomic E-state index is 0.0870. The monoisotopic (exact) mass is 447 g/mol. The number of benzene rings is 2. The molecule has 2 atom stereocenters. The fraction of sp³-hybridized carbons (Fsp3) is 0.417. The molecule has 2 heterocycles. The maximum atomic E-state index is 13.2. The topological polar surface area (TPSA) is 55.8 Å². The van der Waals surface area contributed by atoms with Crippen LogP contribution in [0.5, 0.6) is 0 Å². The number of fused-ring (bicyclic) bond motifs is 2. The third-order valence-corrected chi connectivity index (χ3v) is 6.14. The number of ether oxygens (including phenoxy) is 2. The Balaban J connectivity index is 1.47. The second-order valence-electron chi connectivity index (χ2n) is 8.35. The van der Waals surface area contributed by atoms with E-state index in [1.807, 2.05) is 30.3 Å². The molecule has 2 saturated heterocycles. The first-order chi connectivity index (χ1) is 15.2. The summed E-state index contributed by atoms with van der Waals surface area (Å²) in [5.74, 6) is -0.794. The molecular weight excluding hydrogens is 423 g/mol. The van der Waals surface area contributed by atoms with Crippen molar-refractivity contribution in [1.29, 1.82) is 0 Å². The number of aryl methyl sites for hydroxylation is 1. The number of amides is 1. The van der Waals surface area contributed by atoms with Gasteiger partial charge >= 0.3 is 12.3 Å². The Morgan fingerprint density at radius 1 is 1.06 bits per heavy atom. The highest BCUT2D eigenvalue weighted by molar-refractivity contribution is 5.99. The van der Waals surface area contributed by atoms with Crippen LogP contribution in [0.25, 0.3) is 0 Å². The van der Waals surface area contributed by atoms with Crippen LogP contribution in [-0.2, 0) is 22.3 Å². The van der Waals surface area contributed by atoms with Crippen LogP contribution >= 0.6 is 0 Å². The number of carbonyl (C=O) groups excluding carboxylic acids is 2. The number of morpholine rings is 1. The lowest BCUT2D eigenvalue weighted by molar-refractivity contribution is -0.137. The van der Waals surface area contributed by atoms with Crippen molar-refractivity contribution in [2.45, 2.75) is 44.6 Å². The molecule has 2 unspecified atom stereocenters. The SMILES string of the molecule is Cc1ccc(C(F)(F)F)cc1C(=O)C1CC2COCC(C1)N2C(=O)OCc1ccccc1. The highest BCUT2D eigenvalue weighted by atomic mass is 19.4. The fourth-order valence-corrected chi connectivity index (χ4v) is 4.50. The van der Waals surface area contributed by atoms with Gasteiger partial charge in [-0.3, -0.25) is 9.69 Å². The van der Waals surface area contributed by atoms with Gasteiger partial charge in [0.1, 0.15) is 6.61 Å². The van der Waals surface area contributed by atoms with Crippen molar-refractivity contribution < 1.29 is 32.2 Å². The van der Waals surface area contributed by atoms with Crippen LogP contribution in [0, 0.1) is 12.8 Å². The Bertz CT molecular complexity index is 978. The lowest BCUT2D eigenvalue weighted by atomic mass is 9.80. The predicted molar refractivity (Wildman–Crippen MR) is 110 cm³/mol. The molecule has 2 aromatic rings. The van der Waals surface area contributed by atoms with E-state index in [-0.39, 0.29) is 43.3 Å². The third-order valence-electron chi connectivity index (χ3n) is 6.14. The molecule has 0 aromatic heterocycles. The smallest absolute Gasteiger partial charge is 0.416 e. The zero-order valence-electron chi connectivity index (χ0n) is 17.6. The number of halogens is 3. The first kappa shape index (κ1) is 22.3. The first-order valence-corrected chi connectivity index (χ1v) is 10.5. The number of piperidine rings is 1. The summed E-state index contributed by atoms with van der Waals surface area (Å²) >= 11 is 0. The Labute approximate surface area is 184 Å². The van der Waals surface area contributed by atoms with E-state index < -0.39 is 23.8 Å². The molecule has 0 spiro atoms. The van der Waals surface area contributed by atoms with Crippen molar-refractivity contribution >= 4 is 11.9 Å². The molecule has 2 aliphatic heterocycles. The van der Waals surface area contributed by atoms with Crippen LogP contribution in [0.3, 0.4) is 0 Å². The Morgan fingerprint density at radius 2 is 1.72 bits per heavy atom. The van der Waals surface area contributed by atoms with E-state index >= 15 is 0 Å². The number of Topliss-reactive ketones (excluding diaryl/α,β-unsaturated/α-hetero) is 1. The zero-order chi connectivity index (χ0) is 22.9. The fourth-order valence-electron chi connectivity index (χ4n) is 4.50. The van der Waals surface area contributed by atoms with Gasteiger partial charge in [0.2, 0.25) is 0 Å². The summed E-state index contributed by atoms with van der Waals surface area (Å²) < 4.78 is 50.5. The van der Waals surface area contributed by atoms with Crippen LogP contribution in [0.2, 0.25) is 0 Å². The quantitative estimate of drug-likeness (QED) is 0.618. The van der Waals surface area contributed by atoms with Gasteiger partial charge < -0.3 is 9.47 Å². The molecule has 170 valence electrons. The number of alkyl halides is 3. The number of hydrogen-bond acceptors (Lipinski definition) is 4. The van der Waals surface area contributed by atoms with Crippen molar-refractivity contribution in [2.75, 3.05) is 13.2 Å². The molecule has 0 saturated carbocycles. The molecule has 32 heavy (non-hydrogen) atoms. The summed E-state index contributed by atoms with van der Waals surface area (Å²) in [6.07, 6.45) is -4.33. The molecule has 0 N–H and O–H groups in total. The van der Waals surface area contributed by atoms with Crippen molar-refractivity contribution in [3.8, 4) is 0 Å². The Hall–Kier alpha value is -2.87. The van der Waals surface area contributed by atoms with E-state index in [2.05, 4.69) is 0 Å². The molecule has 2 aliphatic rings. The van der Waals surface area contributed by atoms with Gasteiger partial charge in [-0.05, 0) is 43.0 Å². The largest absolute Gasteiger partial charge is 0.445 e. The van der Waals surface area contributed by atoms with Crippen LogP contribution in [0.1, 0.15) is 39.9 Å². The van der Waals surface area contributed by atoms with Gasteiger partial charge in [-0.1, -0.05) is 36.4 Å². The molecule has 1 amide bonds. The summed E-state index contributed by atoms with van der Waals surface area (Å²) in [5, 5.41) is 0. The third kappa shape index (κ3) is 4.65. The average molecular weight is 447 g/mol. The second-order valence-corrected chi connectivity index (χ2v) is 8.35. The minimum atomic E-state index is -4.51. The summed E-state index contributed by atoms with van der Waals surface area (Å²) in [6, 6.07) is 11.9. The van der Waals surface area contributed by atoms with E-state index in [4.69, 9.17) is 9.47 Å². The summed E-state index contributed by atoms with van der Waals surface area (Å²) in [4.78, 5) is 27.6. The van der Waals surface area contributed by atoms with Crippen molar-refractivity contribution in [2.24, 2.45) is 5.92 Å². The number of ketones is 1. The van der Waals surface area contributed by atoms with Crippen molar-refractivity contribution in [3.05, 3.63) is 70.8 Å². The van der Waals surface area contributed by atoms with Crippen LogP contribution in [-0.4, -0.2) is 42.1 Å². The van der Waals surface area contributed by atoms with Gasteiger partial charge in [0.15, 0.2) is 5.78 Å². The molecular formula is C24H24F3NO4. The minimum Gasteiger partial charge on any atom is -0.445 e. The average Bonchev–Trinajstić information content (AvgIpc) is 2.76. The van der Waals surface area contributed by atoms with Gasteiger partial charge in [-0.15, -0.1) is 0 Å². The van der Waals surface area contributed by atoms with E-state index in [0.717, 1.165) is 17.7 Å². The summed E-state index contributed by atoms with van der Waals surface area (Å²) in [5.41, 5.74) is 0.627. The lowest BCUT2D eigenvalue weighted by Gasteiger charge is -2.47. The predicted octanol–water partition coefficient (Wildman–Crippen LogP) is 5.01. The molecule has 5 nitrogen and oxygen atoms in total. The molecule has 4 rings (SSSR count). The molecule has 0 radical (unpaired) electrons. The van der Waals surface area contributed by atoms with E-state index in [0.29, 0.717) is 18.4 Å². The molecule has 2 bridgehead atoms. The number of hydrogen-bond donors (Lipinski definition) is 0. The molecule has 2 fully saturated rings. The number of rotatable bonds is 4. The van der Waals surface area contributed by atoms with Gasteiger partial charge in [0.25, 0.3) is 0 Å². The Kier molecular flexibility index (Phi) is 6.24. The lowest BCUT2D eigenvalue weighted by Crippen LogP contribution is -2.60. The standard InChI is InChI=1S/C24H24F3NO4/c1-15-7-8-18(24(25,26)27)11-21(15)22(29)17-9-19-13-31-14-20(10-17)28(19)23(30)32-12-16-5-3-2-4-6-16/h2-8,11,17,19-20H,9-10,12-14H2,1H3.